The average molecular weight is 258 g/mol. The van der Waals surface area contributed by atoms with Gasteiger partial charge in [0.05, 0.1) is 10.0 Å². The Morgan fingerprint density at radius 2 is 1.56 bits per heavy atom. The van der Waals surface area contributed by atoms with E-state index in [1.54, 1.807) is 0 Å². The van der Waals surface area contributed by atoms with Crippen molar-refractivity contribution in [1.29, 1.82) is 0 Å². The van der Waals surface area contributed by atoms with Crippen LogP contribution in [0.4, 0.5) is 0 Å². The van der Waals surface area contributed by atoms with Crippen LogP contribution in [0.1, 0.15) is 44.1 Å². The van der Waals surface area contributed by atoms with E-state index in [1.807, 2.05) is 18.2 Å². The summed E-state index contributed by atoms with van der Waals surface area (Å²) in [7, 11) is 0. The van der Waals surface area contributed by atoms with Crippen LogP contribution >= 0.6 is 23.2 Å². The molecule has 88 valence electrons. The fourth-order valence-electron chi connectivity index (χ4n) is 2.45. The van der Waals surface area contributed by atoms with Crippen LogP contribution in [0.15, 0.2) is 18.2 Å². The Kier molecular flexibility index (Phi) is 3.78. The van der Waals surface area contributed by atoms with Gasteiger partial charge < -0.3 is 5.73 Å². The summed E-state index contributed by atoms with van der Waals surface area (Å²) in [5.41, 5.74) is 7.42. The standard InChI is InChI=1S/C13H17Cl2N/c14-11-6-5-10(9-12(11)15)13(16)7-3-1-2-4-8-13/h5-6,9H,1-4,7-8,16H2. The van der Waals surface area contributed by atoms with Gasteiger partial charge in [0.1, 0.15) is 0 Å². The molecule has 1 saturated carbocycles. The number of halogens is 2. The highest BCUT2D eigenvalue weighted by Gasteiger charge is 2.28. The largest absolute Gasteiger partial charge is 0.321 e. The molecule has 1 fully saturated rings. The van der Waals surface area contributed by atoms with E-state index < -0.39 is 0 Å². The Hall–Kier alpha value is -0.240. The predicted octanol–water partition coefficient (Wildman–Crippen LogP) is 4.50. The third kappa shape index (κ3) is 2.53. The highest BCUT2D eigenvalue weighted by Crippen LogP contribution is 2.36. The molecular weight excluding hydrogens is 241 g/mol. The first-order valence-corrected chi connectivity index (χ1v) is 6.62. The van der Waals surface area contributed by atoms with Gasteiger partial charge in [-0.25, -0.2) is 0 Å². The molecule has 0 radical (unpaired) electrons. The minimum absolute atomic E-state index is 0.204. The van der Waals surface area contributed by atoms with E-state index in [0.29, 0.717) is 10.0 Å². The smallest absolute Gasteiger partial charge is 0.0595 e. The quantitative estimate of drug-likeness (QED) is 0.737. The molecule has 0 heterocycles. The molecule has 0 aliphatic heterocycles. The van der Waals surface area contributed by atoms with E-state index in [1.165, 1.54) is 25.7 Å². The zero-order valence-electron chi connectivity index (χ0n) is 9.31. The first kappa shape index (κ1) is 12.2. The second-order valence-electron chi connectivity index (χ2n) is 4.70. The lowest BCUT2D eigenvalue weighted by Gasteiger charge is -2.29. The van der Waals surface area contributed by atoms with Gasteiger partial charge in [-0.1, -0.05) is 55.0 Å². The number of rotatable bonds is 1. The van der Waals surface area contributed by atoms with Gasteiger partial charge in [-0.2, -0.15) is 0 Å². The summed E-state index contributed by atoms with van der Waals surface area (Å²) >= 11 is 12.0. The van der Waals surface area contributed by atoms with Gasteiger partial charge in [0, 0.05) is 5.54 Å². The molecule has 1 nitrogen and oxygen atoms in total. The van der Waals surface area contributed by atoms with Crippen LogP contribution in [0.3, 0.4) is 0 Å². The third-order valence-corrected chi connectivity index (χ3v) is 4.23. The highest BCUT2D eigenvalue weighted by atomic mass is 35.5. The van der Waals surface area contributed by atoms with Gasteiger partial charge >= 0.3 is 0 Å². The SMILES string of the molecule is NC1(c2ccc(Cl)c(Cl)c2)CCCCCC1. The lowest BCUT2D eigenvalue weighted by atomic mass is 9.84. The second-order valence-corrected chi connectivity index (χ2v) is 5.51. The summed E-state index contributed by atoms with van der Waals surface area (Å²) in [4.78, 5) is 0. The Bertz CT molecular complexity index is 368. The maximum absolute atomic E-state index is 6.50. The van der Waals surface area contributed by atoms with Crippen molar-refractivity contribution in [2.75, 3.05) is 0 Å². The highest BCUT2D eigenvalue weighted by molar-refractivity contribution is 6.42. The molecule has 2 rings (SSSR count). The van der Waals surface area contributed by atoms with Crippen LogP contribution in [0.5, 0.6) is 0 Å². The molecule has 0 spiro atoms. The molecule has 3 heteroatoms. The van der Waals surface area contributed by atoms with E-state index in [2.05, 4.69) is 0 Å². The fraction of sp³-hybridized carbons (Fsp3) is 0.538. The fourth-order valence-corrected chi connectivity index (χ4v) is 2.75. The molecule has 16 heavy (non-hydrogen) atoms. The molecule has 0 saturated heterocycles. The Morgan fingerprint density at radius 1 is 0.938 bits per heavy atom. The molecule has 0 aromatic heterocycles. The predicted molar refractivity (Wildman–Crippen MR) is 70.0 cm³/mol. The second kappa shape index (κ2) is 4.95. The van der Waals surface area contributed by atoms with Crippen molar-refractivity contribution in [3.63, 3.8) is 0 Å². The van der Waals surface area contributed by atoms with Crippen molar-refractivity contribution in [1.82, 2.24) is 0 Å². The van der Waals surface area contributed by atoms with E-state index in [-0.39, 0.29) is 5.54 Å². The maximum atomic E-state index is 6.50. The van der Waals surface area contributed by atoms with Gasteiger partial charge in [0.2, 0.25) is 0 Å². The van der Waals surface area contributed by atoms with Crippen molar-refractivity contribution < 1.29 is 0 Å². The number of benzene rings is 1. The average Bonchev–Trinajstić information content (AvgIpc) is 2.48. The summed E-state index contributed by atoms with van der Waals surface area (Å²) in [6.45, 7) is 0. The Morgan fingerprint density at radius 3 is 2.12 bits per heavy atom. The lowest BCUT2D eigenvalue weighted by Crippen LogP contribution is -2.35. The number of hydrogen-bond acceptors (Lipinski definition) is 1. The summed E-state index contributed by atoms with van der Waals surface area (Å²) in [5, 5.41) is 1.20. The molecule has 1 aromatic rings. The van der Waals surface area contributed by atoms with Crippen molar-refractivity contribution in [3.8, 4) is 0 Å². The van der Waals surface area contributed by atoms with Crippen molar-refractivity contribution >= 4 is 23.2 Å². The van der Waals surface area contributed by atoms with Gasteiger partial charge in [-0.15, -0.1) is 0 Å². The molecule has 1 aliphatic carbocycles. The van der Waals surface area contributed by atoms with Gasteiger partial charge in [0.15, 0.2) is 0 Å². The van der Waals surface area contributed by atoms with E-state index in [9.17, 15) is 0 Å². The summed E-state index contributed by atoms with van der Waals surface area (Å²) in [6.07, 6.45) is 7.09. The summed E-state index contributed by atoms with van der Waals surface area (Å²) < 4.78 is 0. The van der Waals surface area contributed by atoms with E-state index in [4.69, 9.17) is 28.9 Å². The molecule has 1 aromatic carbocycles. The van der Waals surface area contributed by atoms with Gasteiger partial charge in [0.25, 0.3) is 0 Å². The van der Waals surface area contributed by atoms with Gasteiger partial charge in [-0.05, 0) is 30.5 Å². The molecular formula is C13H17Cl2N. The summed E-state index contributed by atoms with van der Waals surface area (Å²) in [5.74, 6) is 0. The first-order chi connectivity index (χ1) is 7.62. The summed E-state index contributed by atoms with van der Waals surface area (Å²) in [6, 6.07) is 5.79. The van der Waals surface area contributed by atoms with Crippen molar-refractivity contribution in [3.05, 3.63) is 33.8 Å². The van der Waals surface area contributed by atoms with Crippen LogP contribution < -0.4 is 5.73 Å². The Labute approximate surface area is 107 Å². The molecule has 0 bridgehead atoms. The maximum Gasteiger partial charge on any atom is 0.0595 e. The molecule has 0 amide bonds. The molecule has 2 N–H and O–H groups in total. The van der Waals surface area contributed by atoms with Crippen LogP contribution in [-0.4, -0.2) is 0 Å². The zero-order chi connectivity index (χ0) is 11.6. The number of nitrogens with two attached hydrogens (primary N) is 1. The first-order valence-electron chi connectivity index (χ1n) is 5.86. The van der Waals surface area contributed by atoms with Crippen molar-refractivity contribution in [2.24, 2.45) is 5.73 Å². The van der Waals surface area contributed by atoms with E-state index >= 15 is 0 Å². The topological polar surface area (TPSA) is 26.0 Å². The zero-order valence-corrected chi connectivity index (χ0v) is 10.8. The molecule has 1 aliphatic rings. The van der Waals surface area contributed by atoms with Crippen LogP contribution in [0.25, 0.3) is 0 Å². The number of hydrogen-bond donors (Lipinski definition) is 1. The minimum Gasteiger partial charge on any atom is -0.321 e. The monoisotopic (exact) mass is 257 g/mol. The third-order valence-electron chi connectivity index (χ3n) is 3.49. The minimum atomic E-state index is -0.204. The van der Waals surface area contributed by atoms with E-state index in [0.717, 1.165) is 18.4 Å². The van der Waals surface area contributed by atoms with Gasteiger partial charge in [-0.3, -0.25) is 0 Å². The Balaban J connectivity index is 2.29. The van der Waals surface area contributed by atoms with Crippen molar-refractivity contribution in [2.45, 2.75) is 44.1 Å². The van der Waals surface area contributed by atoms with Crippen LogP contribution in [-0.2, 0) is 5.54 Å². The van der Waals surface area contributed by atoms with Crippen LogP contribution in [0, 0.1) is 0 Å². The molecule has 0 atom stereocenters. The normalized spacial score (nSPS) is 20.4. The lowest BCUT2D eigenvalue weighted by molar-refractivity contribution is 0.385. The van der Waals surface area contributed by atoms with Crippen LogP contribution in [0.2, 0.25) is 10.0 Å². The molecule has 0 unspecified atom stereocenters.